The Morgan fingerprint density at radius 3 is 2.28 bits per heavy atom. The highest BCUT2D eigenvalue weighted by molar-refractivity contribution is 7.92. The van der Waals surface area contributed by atoms with Crippen LogP contribution in [0.4, 0.5) is 11.4 Å². The van der Waals surface area contributed by atoms with Crippen LogP contribution in [0, 0.1) is 13.8 Å². The number of aryl methyl sites for hydroxylation is 2. The molecule has 0 saturated carbocycles. The van der Waals surface area contributed by atoms with Gasteiger partial charge in [0, 0.05) is 28.2 Å². The molecule has 25 heavy (non-hydrogen) atoms. The number of rotatable bonds is 7. The molecule has 0 aliphatic rings. The zero-order valence-corrected chi connectivity index (χ0v) is 15.9. The predicted octanol–water partition coefficient (Wildman–Crippen LogP) is 3.34. The van der Waals surface area contributed by atoms with Crippen molar-refractivity contribution >= 4 is 44.4 Å². The molecule has 0 fully saturated rings. The zero-order chi connectivity index (χ0) is 18.6. The van der Waals surface area contributed by atoms with Crippen molar-refractivity contribution in [3.05, 3.63) is 45.6 Å². The van der Waals surface area contributed by atoms with Gasteiger partial charge in [0.2, 0.25) is 15.9 Å². The standard InChI is InChI=1S/C17H20N2O4S2/c1-11-10-13(12(2)24-11)16(20)8-9-17(21)18-14-6-4-5-7-15(14)19-25(3,22)23/h4-7,10,19H,8-9H2,1-3H3,(H,18,21). The molecule has 2 aromatic rings. The predicted molar refractivity (Wildman–Crippen MR) is 101 cm³/mol. The highest BCUT2D eigenvalue weighted by Gasteiger charge is 2.15. The van der Waals surface area contributed by atoms with Gasteiger partial charge in [-0.05, 0) is 32.0 Å². The summed E-state index contributed by atoms with van der Waals surface area (Å²) >= 11 is 1.56. The monoisotopic (exact) mass is 380 g/mol. The third-order valence-electron chi connectivity index (χ3n) is 3.42. The number of nitrogens with one attached hydrogen (secondary N) is 2. The smallest absolute Gasteiger partial charge is 0.229 e. The van der Waals surface area contributed by atoms with Gasteiger partial charge in [-0.15, -0.1) is 11.3 Å². The minimum absolute atomic E-state index is 0.0282. The Labute approximate surface area is 151 Å². The van der Waals surface area contributed by atoms with E-state index in [-0.39, 0.29) is 30.2 Å². The van der Waals surface area contributed by atoms with Gasteiger partial charge in [0.15, 0.2) is 5.78 Å². The molecule has 2 N–H and O–H groups in total. The van der Waals surface area contributed by atoms with Crippen molar-refractivity contribution in [2.75, 3.05) is 16.3 Å². The summed E-state index contributed by atoms with van der Waals surface area (Å²) in [6.45, 7) is 3.82. The Morgan fingerprint density at radius 2 is 1.72 bits per heavy atom. The maximum atomic E-state index is 12.2. The van der Waals surface area contributed by atoms with Gasteiger partial charge in [-0.1, -0.05) is 12.1 Å². The Bertz CT molecular complexity index is 901. The first-order valence-corrected chi connectivity index (χ1v) is 10.3. The average Bonchev–Trinajstić information content (AvgIpc) is 2.84. The molecule has 0 aliphatic carbocycles. The fourth-order valence-electron chi connectivity index (χ4n) is 2.36. The summed E-state index contributed by atoms with van der Waals surface area (Å²) in [6.07, 6.45) is 1.17. The lowest BCUT2D eigenvalue weighted by molar-refractivity contribution is -0.116. The first-order valence-electron chi connectivity index (χ1n) is 7.62. The van der Waals surface area contributed by atoms with Crippen molar-refractivity contribution in [1.29, 1.82) is 0 Å². The molecule has 0 unspecified atom stereocenters. The number of hydrogen-bond acceptors (Lipinski definition) is 5. The van der Waals surface area contributed by atoms with Gasteiger partial charge < -0.3 is 5.32 Å². The quantitative estimate of drug-likeness (QED) is 0.721. The van der Waals surface area contributed by atoms with E-state index in [0.717, 1.165) is 16.0 Å². The summed E-state index contributed by atoms with van der Waals surface area (Å²) in [4.78, 5) is 26.4. The minimum Gasteiger partial charge on any atom is -0.324 e. The molecular weight excluding hydrogens is 360 g/mol. The summed E-state index contributed by atoms with van der Waals surface area (Å²) in [5.41, 5.74) is 1.30. The Balaban J connectivity index is 1.99. The topological polar surface area (TPSA) is 92.3 Å². The first-order chi connectivity index (χ1) is 11.7. The van der Waals surface area contributed by atoms with Crippen molar-refractivity contribution < 1.29 is 18.0 Å². The van der Waals surface area contributed by atoms with Gasteiger partial charge in [-0.25, -0.2) is 8.42 Å². The van der Waals surface area contributed by atoms with E-state index in [1.165, 1.54) is 0 Å². The zero-order valence-electron chi connectivity index (χ0n) is 14.3. The first kappa shape index (κ1) is 19.1. The SMILES string of the molecule is Cc1cc(C(=O)CCC(=O)Nc2ccccc2NS(C)(=O)=O)c(C)s1. The molecule has 134 valence electrons. The molecule has 0 saturated heterocycles. The van der Waals surface area contributed by atoms with Crippen LogP contribution in [-0.2, 0) is 14.8 Å². The molecule has 1 aromatic carbocycles. The molecule has 1 aromatic heterocycles. The molecule has 0 spiro atoms. The normalized spacial score (nSPS) is 11.2. The van der Waals surface area contributed by atoms with E-state index < -0.39 is 10.0 Å². The number of hydrogen-bond donors (Lipinski definition) is 2. The number of sulfonamides is 1. The number of carbonyl (C=O) groups excluding carboxylic acids is 2. The fraction of sp³-hybridized carbons (Fsp3) is 0.294. The Hall–Kier alpha value is -2.19. The van der Waals surface area contributed by atoms with Gasteiger partial charge >= 0.3 is 0 Å². The molecule has 0 atom stereocenters. The number of ketones is 1. The summed E-state index contributed by atoms with van der Waals surface area (Å²) in [7, 11) is -3.45. The molecule has 0 aliphatic heterocycles. The number of thiophene rings is 1. The van der Waals surface area contributed by atoms with Crippen molar-refractivity contribution in [3.63, 3.8) is 0 Å². The third kappa shape index (κ3) is 5.68. The maximum absolute atomic E-state index is 12.2. The number of Topliss-reactive ketones (excluding diaryl/α,β-unsaturated/α-hetero) is 1. The number of benzene rings is 1. The van der Waals surface area contributed by atoms with E-state index in [9.17, 15) is 18.0 Å². The van der Waals surface area contributed by atoms with Crippen LogP contribution in [0.1, 0.15) is 33.0 Å². The largest absolute Gasteiger partial charge is 0.324 e. The highest BCUT2D eigenvalue weighted by atomic mass is 32.2. The lowest BCUT2D eigenvalue weighted by atomic mass is 10.1. The maximum Gasteiger partial charge on any atom is 0.229 e. The lowest BCUT2D eigenvalue weighted by Gasteiger charge is -2.11. The van der Waals surface area contributed by atoms with Crippen molar-refractivity contribution in [2.45, 2.75) is 26.7 Å². The Morgan fingerprint density at radius 1 is 1.08 bits per heavy atom. The van der Waals surface area contributed by atoms with E-state index in [4.69, 9.17) is 0 Å². The summed E-state index contributed by atoms with van der Waals surface area (Å²) in [5.74, 6) is -0.416. The van der Waals surface area contributed by atoms with Gasteiger partial charge in [-0.2, -0.15) is 0 Å². The molecule has 0 bridgehead atoms. The third-order valence-corrected chi connectivity index (χ3v) is 4.97. The molecule has 1 heterocycles. The fourth-order valence-corrected chi connectivity index (χ4v) is 3.88. The molecule has 1 amide bonds. The van der Waals surface area contributed by atoms with E-state index in [2.05, 4.69) is 10.0 Å². The van der Waals surface area contributed by atoms with Crippen LogP contribution in [0.2, 0.25) is 0 Å². The van der Waals surface area contributed by atoms with Crippen LogP contribution in [0.15, 0.2) is 30.3 Å². The van der Waals surface area contributed by atoms with Gasteiger partial charge in [0.05, 0.1) is 17.6 Å². The van der Waals surface area contributed by atoms with Gasteiger partial charge in [-0.3, -0.25) is 14.3 Å². The highest BCUT2D eigenvalue weighted by Crippen LogP contribution is 2.24. The number of carbonyl (C=O) groups is 2. The van der Waals surface area contributed by atoms with Crippen LogP contribution >= 0.6 is 11.3 Å². The summed E-state index contributed by atoms with van der Waals surface area (Å²) in [6, 6.07) is 8.34. The molecule has 0 radical (unpaired) electrons. The molecule has 2 rings (SSSR count). The lowest BCUT2D eigenvalue weighted by Crippen LogP contribution is -2.16. The molecule has 6 nitrogen and oxygen atoms in total. The number of amides is 1. The second-order valence-electron chi connectivity index (χ2n) is 5.72. The molecule has 8 heteroatoms. The van der Waals surface area contributed by atoms with Crippen LogP contribution in [0.5, 0.6) is 0 Å². The average molecular weight is 380 g/mol. The molecular formula is C17H20N2O4S2. The Kier molecular flexibility index (Phi) is 5.97. The van der Waals surface area contributed by atoms with Gasteiger partial charge in [0.25, 0.3) is 0 Å². The summed E-state index contributed by atoms with van der Waals surface area (Å²) < 4.78 is 25.1. The number of para-hydroxylation sites is 2. The second-order valence-corrected chi connectivity index (χ2v) is 8.93. The van der Waals surface area contributed by atoms with E-state index in [1.807, 2.05) is 19.9 Å². The van der Waals surface area contributed by atoms with Crippen molar-refractivity contribution in [1.82, 2.24) is 0 Å². The van der Waals surface area contributed by atoms with Crippen molar-refractivity contribution in [2.24, 2.45) is 0 Å². The second kappa shape index (κ2) is 7.79. The van der Waals surface area contributed by atoms with E-state index in [0.29, 0.717) is 11.3 Å². The minimum atomic E-state index is -3.45. The van der Waals surface area contributed by atoms with E-state index in [1.54, 1.807) is 35.6 Å². The van der Waals surface area contributed by atoms with Crippen LogP contribution in [-0.4, -0.2) is 26.4 Å². The van der Waals surface area contributed by atoms with E-state index >= 15 is 0 Å². The summed E-state index contributed by atoms with van der Waals surface area (Å²) in [5, 5.41) is 2.64. The number of anilines is 2. The van der Waals surface area contributed by atoms with Crippen molar-refractivity contribution in [3.8, 4) is 0 Å². The van der Waals surface area contributed by atoms with Gasteiger partial charge in [0.1, 0.15) is 0 Å². The van der Waals surface area contributed by atoms with Crippen LogP contribution in [0.3, 0.4) is 0 Å². The van der Waals surface area contributed by atoms with Crippen LogP contribution in [0.25, 0.3) is 0 Å². The van der Waals surface area contributed by atoms with Crippen LogP contribution < -0.4 is 10.0 Å².